The maximum absolute atomic E-state index is 12.1. The molecular formula is C13H21N3O. The van der Waals surface area contributed by atoms with Crippen LogP contribution in [0.25, 0.3) is 0 Å². The lowest BCUT2D eigenvalue weighted by Crippen LogP contribution is -2.37. The summed E-state index contributed by atoms with van der Waals surface area (Å²) in [6, 6.07) is 2.01. The Hall–Kier alpha value is -1.13. The van der Waals surface area contributed by atoms with E-state index in [0.717, 1.165) is 38.2 Å². The Morgan fingerprint density at radius 1 is 1.35 bits per heavy atom. The molecule has 1 aromatic heterocycles. The first-order valence-corrected chi connectivity index (χ1v) is 6.38. The molecule has 0 saturated carbocycles. The molecule has 0 fully saturated rings. The van der Waals surface area contributed by atoms with E-state index in [-0.39, 0.29) is 5.56 Å². The lowest BCUT2D eigenvalue weighted by atomic mass is 10.0. The first-order chi connectivity index (χ1) is 8.21. The molecule has 2 N–H and O–H groups in total. The van der Waals surface area contributed by atoms with Crippen LogP contribution >= 0.6 is 0 Å². The van der Waals surface area contributed by atoms with Crippen molar-refractivity contribution in [3.8, 4) is 0 Å². The Morgan fingerprint density at radius 2 is 2.12 bits per heavy atom. The molecule has 94 valence electrons. The maximum atomic E-state index is 12.1. The number of fused-ring (bicyclic) bond motifs is 1. The van der Waals surface area contributed by atoms with Gasteiger partial charge in [0.1, 0.15) is 0 Å². The summed E-state index contributed by atoms with van der Waals surface area (Å²) in [5, 5.41) is 0. The molecule has 17 heavy (non-hydrogen) atoms. The zero-order valence-electron chi connectivity index (χ0n) is 10.7. The van der Waals surface area contributed by atoms with Gasteiger partial charge in [0.15, 0.2) is 0 Å². The summed E-state index contributed by atoms with van der Waals surface area (Å²) in [7, 11) is 0. The highest BCUT2D eigenvalue weighted by atomic mass is 16.1. The monoisotopic (exact) mass is 235 g/mol. The van der Waals surface area contributed by atoms with Gasteiger partial charge in [-0.2, -0.15) is 0 Å². The van der Waals surface area contributed by atoms with Gasteiger partial charge in [-0.15, -0.1) is 0 Å². The second-order valence-electron chi connectivity index (χ2n) is 4.51. The summed E-state index contributed by atoms with van der Waals surface area (Å²) in [6.45, 7) is 8.31. The molecule has 0 amide bonds. The van der Waals surface area contributed by atoms with Gasteiger partial charge in [0.2, 0.25) is 0 Å². The van der Waals surface area contributed by atoms with Gasteiger partial charge >= 0.3 is 0 Å². The van der Waals surface area contributed by atoms with Crippen LogP contribution in [0.4, 0.5) is 0 Å². The van der Waals surface area contributed by atoms with Crippen molar-refractivity contribution in [2.24, 2.45) is 5.73 Å². The number of pyridine rings is 1. The molecular weight excluding hydrogens is 214 g/mol. The zero-order chi connectivity index (χ0) is 12.4. The number of aromatic nitrogens is 1. The Balaban J connectivity index is 2.52. The van der Waals surface area contributed by atoms with E-state index in [2.05, 4.69) is 11.8 Å². The molecule has 4 nitrogen and oxygen atoms in total. The van der Waals surface area contributed by atoms with Gasteiger partial charge in [-0.1, -0.05) is 6.92 Å². The van der Waals surface area contributed by atoms with Crippen LogP contribution in [0.5, 0.6) is 0 Å². The third-order valence-corrected chi connectivity index (χ3v) is 3.61. The first kappa shape index (κ1) is 12.3. The van der Waals surface area contributed by atoms with Crippen molar-refractivity contribution in [3.05, 3.63) is 33.2 Å². The zero-order valence-corrected chi connectivity index (χ0v) is 10.7. The topological polar surface area (TPSA) is 51.3 Å². The fourth-order valence-electron chi connectivity index (χ4n) is 2.59. The quantitative estimate of drug-likeness (QED) is 0.839. The first-order valence-electron chi connectivity index (χ1n) is 6.38. The maximum Gasteiger partial charge on any atom is 0.255 e. The number of rotatable bonds is 3. The summed E-state index contributed by atoms with van der Waals surface area (Å²) >= 11 is 0. The number of nitrogens with two attached hydrogens (primary N) is 1. The predicted octanol–water partition coefficient (Wildman–Crippen LogP) is 0.705. The Kier molecular flexibility index (Phi) is 3.64. The van der Waals surface area contributed by atoms with E-state index >= 15 is 0 Å². The van der Waals surface area contributed by atoms with Crippen LogP contribution in [-0.4, -0.2) is 22.6 Å². The average molecular weight is 235 g/mol. The highest BCUT2D eigenvalue weighted by molar-refractivity contribution is 5.29. The summed E-state index contributed by atoms with van der Waals surface area (Å²) in [5.41, 5.74) is 8.97. The minimum atomic E-state index is 0.0960. The standard InChI is InChI=1S/C13H21N3O/c1-3-15-6-5-12-11(9-15)7-10(8-14)13(17)16(12)4-2/h7H,3-6,8-9,14H2,1-2H3. The summed E-state index contributed by atoms with van der Waals surface area (Å²) in [6.07, 6.45) is 0.969. The molecule has 1 aliphatic rings. The van der Waals surface area contributed by atoms with Gasteiger partial charge in [0.05, 0.1) is 0 Å². The SMILES string of the molecule is CCN1CCc2c(cc(CN)c(=O)n2CC)C1. The van der Waals surface area contributed by atoms with E-state index in [9.17, 15) is 4.79 Å². The third-order valence-electron chi connectivity index (χ3n) is 3.61. The smallest absolute Gasteiger partial charge is 0.255 e. The molecule has 0 radical (unpaired) electrons. The van der Waals surface area contributed by atoms with Gasteiger partial charge in [-0.25, -0.2) is 0 Å². The van der Waals surface area contributed by atoms with E-state index in [0.29, 0.717) is 6.54 Å². The fraction of sp³-hybridized carbons (Fsp3) is 0.615. The molecule has 1 aromatic rings. The summed E-state index contributed by atoms with van der Waals surface area (Å²) < 4.78 is 1.89. The molecule has 2 heterocycles. The molecule has 0 atom stereocenters. The van der Waals surface area contributed by atoms with E-state index in [4.69, 9.17) is 5.73 Å². The van der Waals surface area contributed by atoms with Crippen LogP contribution < -0.4 is 11.3 Å². The highest BCUT2D eigenvalue weighted by Crippen LogP contribution is 2.18. The van der Waals surface area contributed by atoms with Crippen molar-refractivity contribution in [2.45, 2.75) is 39.9 Å². The van der Waals surface area contributed by atoms with Crippen molar-refractivity contribution in [2.75, 3.05) is 13.1 Å². The molecule has 0 spiro atoms. The molecule has 0 aliphatic carbocycles. The fourth-order valence-corrected chi connectivity index (χ4v) is 2.59. The van der Waals surface area contributed by atoms with Gasteiger partial charge in [0.25, 0.3) is 5.56 Å². The Labute approximate surface area is 102 Å². The second-order valence-corrected chi connectivity index (χ2v) is 4.51. The molecule has 2 rings (SSSR count). The van der Waals surface area contributed by atoms with Crippen molar-refractivity contribution in [1.82, 2.24) is 9.47 Å². The normalized spacial score (nSPS) is 15.9. The molecule has 0 aromatic carbocycles. The van der Waals surface area contributed by atoms with Crippen LogP contribution in [0.1, 0.15) is 30.7 Å². The Bertz CT molecular complexity index is 464. The summed E-state index contributed by atoms with van der Waals surface area (Å²) in [4.78, 5) is 14.5. The third kappa shape index (κ3) is 2.15. The number of likely N-dealkylation sites (N-methyl/N-ethyl adjacent to an activating group) is 1. The lowest BCUT2D eigenvalue weighted by Gasteiger charge is -2.29. The van der Waals surface area contributed by atoms with Gasteiger partial charge in [-0.3, -0.25) is 9.69 Å². The number of hydrogen-bond acceptors (Lipinski definition) is 3. The predicted molar refractivity (Wildman–Crippen MR) is 68.9 cm³/mol. The van der Waals surface area contributed by atoms with Crippen molar-refractivity contribution >= 4 is 0 Å². The van der Waals surface area contributed by atoms with Crippen LogP contribution in [0.3, 0.4) is 0 Å². The van der Waals surface area contributed by atoms with Crippen molar-refractivity contribution < 1.29 is 0 Å². The van der Waals surface area contributed by atoms with Crippen LogP contribution in [-0.2, 0) is 26.1 Å². The van der Waals surface area contributed by atoms with Crippen molar-refractivity contribution in [1.29, 1.82) is 0 Å². The second kappa shape index (κ2) is 5.02. The van der Waals surface area contributed by atoms with Gasteiger partial charge < -0.3 is 10.3 Å². The van der Waals surface area contributed by atoms with E-state index < -0.39 is 0 Å². The summed E-state index contributed by atoms with van der Waals surface area (Å²) in [5.74, 6) is 0. The van der Waals surface area contributed by atoms with Gasteiger partial charge in [0, 0.05) is 43.9 Å². The molecule has 1 aliphatic heterocycles. The molecule has 0 unspecified atom stereocenters. The molecule has 0 saturated heterocycles. The van der Waals surface area contributed by atoms with Crippen LogP contribution in [0.15, 0.2) is 10.9 Å². The van der Waals surface area contributed by atoms with Crippen LogP contribution in [0.2, 0.25) is 0 Å². The van der Waals surface area contributed by atoms with E-state index in [1.54, 1.807) is 0 Å². The van der Waals surface area contributed by atoms with E-state index in [1.807, 2.05) is 17.6 Å². The number of hydrogen-bond donors (Lipinski definition) is 1. The minimum Gasteiger partial charge on any atom is -0.326 e. The molecule has 4 heteroatoms. The van der Waals surface area contributed by atoms with Crippen molar-refractivity contribution in [3.63, 3.8) is 0 Å². The lowest BCUT2D eigenvalue weighted by molar-refractivity contribution is 0.261. The van der Waals surface area contributed by atoms with Gasteiger partial charge in [-0.05, 0) is 25.1 Å². The van der Waals surface area contributed by atoms with Crippen LogP contribution in [0, 0.1) is 0 Å². The highest BCUT2D eigenvalue weighted by Gasteiger charge is 2.19. The largest absolute Gasteiger partial charge is 0.326 e. The van der Waals surface area contributed by atoms with E-state index in [1.165, 1.54) is 11.3 Å². The molecule has 0 bridgehead atoms. The average Bonchev–Trinajstić information content (AvgIpc) is 2.37. The Morgan fingerprint density at radius 3 is 2.71 bits per heavy atom. The minimum absolute atomic E-state index is 0.0960. The number of nitrogens with zero attached hydrogens (tertiary/aromatic N) is 2.